The molecule has 2 heterocycles. The summed E-state index contributed by atoms with van der Waals surface area (Å²) in [6.45, 7) is 5.06. The molecule has 0 amide bonds. The van der Waals surface area contributed by atoms with Gasteiger partial charge in [-0.15, -0.1) is 0 Å². The first-order valence-electron chi connectivity index (χ1n) is 6.05. The molecule has 1 aliphatic rings. The maximum Gasteiger partial charge on any atom is 0.187 e. The minimum atomic E-state index is -0.351. The number of aryl methyl sites for hydroxylation is 1. The summed E-state index contributed by atoms with van der Waals surface area (Å²) < 4.78 is 14.0. The molecule has 1 aliphatic heterocycles. The van der Waals surface area contributed by atoms with Crippen LogP contribution in [0, 0.1) is 11.7 Å². The zero-order chi connectivity index (χ0) is 12.4. The molecule has 1 aromatic heterocycles. The van der Waals surface area contributed by atoms with Gasteiger partial charge in [0.1, 0.15) is 6.33 Å². The van der Waals surface area contributed by atoms with Gasteiger partial charge in [0.25, 0.3) is 0 Å². The Hall–Kier alpha value is -1.23. The van der Waals surface area contributed by atoms with Crippen molar-refractivity contribution in [3.8, 4) is 0 Å². The molecule has 0 saturated carbocycles. The van der Waals surface area contributed by atoms with Crippen molar-refractivity contribution in [3.05, 3.63) is 17.8 Å². The second-order valence-electron chi connectivity index (χ2n) is 4.55. The summed E-state index contributed by atoms with van der Waals surface area (Å²) in [4.78, 5) is 9.84. The topological polar surface area (TPSA) is 49.2 Å². The molecular formula is C12H18FN3O. The lowest BCUT2D eigenvalue weighted by Gasteiger charge is -2.19. The summed E-state index contributed by atoms with van der Waals surface area (Å²) in [6, 6.07) is 0. The van der Waals surface area contributed by atoms with Crippen LogP contribution >= 0.6 is 0 Å². The van der Waals surface area contributed by atoms with E-state index in [1.54, 1.807) is 6.92 Å². The highest BCUT2D eigenvalue weighted by atomic mass is 19.1. The Morgan fingerprint density at radius 2 is 2.35 bits per heavy atom. The van der Waals surface area contributed by atoms with E-state index in [4.69, 9.17) is 0 Å². The van der Waals surface area contributed by atoms with Crippen molar-refractivity contribution in [2.45, 2.75) is 32.8 Å². The molecule has 0 bridgehead atoms. The summed E-state index contributed by atoms with van der Waals surface area (Å²) in [7, 11) is 0. The molecule has 2 rings (SSSR count). The molecule has 1 N–H and O–H groups in total. The van der Waals surface area contributed by atoms with E-state index in [1.165, 1.54) is 6.33 Å². The van der Waals surface area contributed by atoms with Gasteiger partial charge in [0.2, 0.25) is 0 Å². The Labute approximate surface area is 101 Å². The average Bonchev–Trinajstić information content (AvgIpc) is 2.78. The average molecular weight is 239 g/mol. The third kappa shape index (κ3) is 2.39. The first kappa shape index (κ1) is 12.2. The molecule has 0 spiro atoms. The van der Waals surface area contributed by atoms with Gasteiger partial charge in [0.05, 0.1) is 11.8 Å². The number of hydrogen-bond acceptors (Lipinski definition) is 4. The van der Waals surface area contributed by atoms with E-state index < -0.39 is 0 Å². The van der Waals surface area contributed by atoms with Gasteiger partial charge in [-0.25, -0.2) is 14.4 Å². The molecule has 1 aromatic rings. The zero-order valence-corrected chi connectivity index (χ0v) is 10.2. The highest BCUT2D eigenvalue weighted by molar-refractivity contribution is 5.42. The fraction of sp³-hybridized carbons (Fsp3) is 0.667. The zero-order valence-electron chi connectivity index (χ0n) is 10.2. The molecule has 0 radical (unpaired) electrons. The van der Waals surface area contributed by atoms with Crippen LogP contribution in [0.5, 0.6) is 0 Å². The molecule has 17 heavy (non-hydrogen) atoms. The van der Waals surface area contributed by atoms with Gasteiger partial charge >= 0.3 is 0 Å². The Morgan fingerprint density at radius 1 is 1.59 bits per heavy atom. The van der Waals surface area contributed by atoms with Gasteiger partial charge in [0, 0.05) is 19.0 Å². The molecule has 4 nitrogen and oxygen atoms in total. The fourth-order valence-corrected chi connectivity index (χ4v) is 2.24. The highest BCUT2D eigenvalue weighted by Gasteiger charge is 2.28. The van der Waals surface area contributed by atoms with Gasteiger partial charge in [-0.05, 0) is 19.8 Å². The number of rotatable bonds is 3. The van der Waals surface area contributed by atoms with Crippen molar-refractivity contribution in [2.24, 2.45) is 5.92 Å². The monoisotopic (exact) mass is 239 g/mol. The van der Waals surface area contributed by atoms with Crippen molar-refractivity contribution in [1.29, 1.82) is 0 Å². The van der Waals surface area contributed by atoms with E-state index in [0.29, 0.717) is 24.5 Å². The lowest BCUT2D eigenvalue weighted by Crippen LogP contribution is -2.26. The molecule has 2 unspecified atom stereocenters. The van der Waals surface area contributed by atoms with Crippen molar-refractivity contribution < 1.29 is 9.50 Å². The minimum absolute atomic E-state index is 0.203. The Balaban J connectivity index is 2.19. The SMILES string of the molecule is CCc1ncnc(N2CCC(C(C)O)C2)c1F. The van der Waals surface area contributed by atoms with Crippen LogP contribution in [0.15, 0.2) is 6.33 Å². The molecule has 1 saturated heterocycles. The van der Waals surface area contributed by atoms with Crippen molar-refractivity contribution in [1.82, 2.24) is 9.97 Å². The van der Waals surface area contributed by atoms with Crippen molar-refractivity contribution in [3.63, 3.8) is 0 Å². The quantitative estimate of drug-likeness (QED) is 0.866. The number of aliphatic hydroxyl groups excluding tert-OH is 1. The van der Waals surface area contributed by atoms with E-state index in [2.05, 4.69) is 9.97 Å². The maximum absolute atomic E-state index is 14.0. The number of halogens is 1. The molecule has 94 valence electrons. The van der Waals surface area contributed by atoms with Crippen LogP contribution < -0.4 is 4.90 Å². The van der Waals surface area contributed by atoms with Crippen LogP contribution in [-0.2, 0) is 6.42 Å². The predicted molar refractivity (Wildman–Crippen MR) is 63.4 cm³/mol. The molecule has 2 atom stereocenters. The normalized spacial score (nSPS) is 21.9. The summed E-state index contributed by atoms with van der Waals surface area (Å²) in [6.07, 6.45) is 2.50. The Morgan fingerprint density at radius 3 is 2.94 bits per heavy atom. The summed E-state index contributed by atoms with van der Waals surface area (Å²) in [5, 5.41) is 9.53. The highest BCUT2D eigenvalue weighted by Crippen LogP contribution is 2.26. The number of anilines is 1. The first-order chi connectivity index (χ1) is 8.13. The van der Waals surface area contributed by atoms with Gasteiger partial charge in [-0.1, -0.05) is 6.92 Å². The number of aliphatic hydroxyl groups is 1. The van der Waals surface area contributed by atoms with Gasteiger partial charge in [-0.3, -0.25) is 0 Å². The molecule has 5 heteroatoms. The number of nitrogens with zero attached hydrogens (tertiary/aromatic N) is 3. The largest absolute Gasteiger partial charge is 0.393 e. The van der Waals surface area contributed by atoms with Gasteiger partial charge in [0.15, 0.2) is 11.6 Å². The second kappa shape index (κ2) is 4.96. The standard InChI is InChI=1S/C12H18FN3O/c1-3-10-11(13)12(15-7-14-10)16-5-4-9(6-16)8(2)17/h7-9,17H,3-6H2,1-2H3. The molecule has 1 fully saturated rings. The second-order valence-corrected chi connectivity index (χ2v) is 4.55. The van der Waals surface area contributed by atoms with E-state index in [1.807, 2.05) is 11.8 Å². The summed E-state index contributed by atoms with van der Waals surface area (Å²) >= 11 is 0. The van der Waals surface area contributed by atoms with Crippen LogP contribution in [0.25, 0.3) is 0 Å². The predicted octanol–water partition coefficient (Wildman–Crippen LogP) is 1.39. The molecule has 0 aromatic carbocycles. The van der Waals surface area contributed by atoms with Gasteiger partial charge in [-0.2, -0.15) is 0 Å². The van der Waals surface area contributed by atoms with Crippen molar-refractivity contribution >= 4 is 5.82 Å². The maximum atomic E-state index is 14.0. The third-order valence-corrected chi connectivity index (χ3v) is 3.38. The summed E-state index contributed by atoms with van der Waals surface area (Å²) in [5.41, 5.74) is 0.454. The van der Waals surface area contributed by atoms with Gasteiger partial charge < -0.3 is 10.0 Å². The summed E-state index contributed by atoms with van der Waals surface area (Å²) in [5.74, 6) is 0.260. The van der Waals surface area contributed by atoms with Crippen LogP contribution in [0.4, 0.5) is 10.2 Å². The van der Waals surface area contributed by atoms with E-state index >= 15 is 0 Å². The van der Waals surface area contributed by atoms with Crippen LogP contribution in [0.2, 0.25) is 0 Å². The number of hydrogen-bond donors (Lipinski definition) is 1. The lowest BCUT2D eigenvalue weighted by molar-refractivity contribution is 0.136. The smallest absolute Gasteiger partial charge is 0.187 e. The minimum Gasteiger partial charge on any atom is -0.393 e. The van der Waals surface area contributed by atoms with E-state index in [9.17, 15) is 9.50 Å². The Kier molecular flexibility index (Phi) is 3.57. The van der Waals surface area contributed by atoms with E-state index in [-0.39, 0.29) is 17.8 Å². The molecule has 0 aliphatic carbocycles. The van der Waals surface area contributed by atoms with E-state index in [0.717, 1.165) is 13.0 Å². The van der Waals surface area contributed by atoms with Crippen LogP contribution in [0.3, 0.4) is 0 Å². The Bertz CT molecular complexity index is 397. The first-order valence-corrected chi connectivity index (χ1v) is 6.05. The number of aromatic nitrogens is 2. The molecular weight excluding hydrogens is 221 g/mol. The fourth-order valence-electron chi connectivity index (χ4n) is 2.24. The van der Waals surface area contributed by atoms with Crippen LogP contribution in [0.1, 0.15) is 26.0 Å². The van der Waals surface area contributed by atoms with Crippen molar-refractivity contribution in [2.75, 3.05) is 18.0 Å². The lowest BCUT2D eigenvalue weighted by atomic mass is 10.0. The third-order valence-electron chi connectivity index (χ3n) is 3.38. The van der Waals surface area contributed by atoms with Crippen LogP contribution in [-0.4, -0.2) is 34.3 Å².